The number of allylic oxidation sites excluding steroid dienone is 1. The van der Waals surface area contributed by atoms with Crippen molar-refractivity contribution in [2.75, 3.05) is 13.2 Å². The summed E-state index contributed by atoms with van der Waals surface area (Å²) in [5.74, 6) is 0.687. The highest BCUT2D eigenvalue weighted by molar-refractivity contribution is 4.87. The summed E-state index contributed by atoms with van der Waals surface area (Å²) in [6, 6.07) is 1.35. The van der Waals surface area contributed by atoms with E-state index in [2.05, 4.69) is 25.3 Å². The Balaban J connectivity index is 2.46. The average molecular weight is 225 g/mol. The monoisotopic (exact) mass is 225 g/mol. The molecule has 0 bridgehead atoms. The molecule has 0 aromatic rings. The van der Waals surface area contributed by atoms with Crippen LogP contribution in [0.5, 0.6) is 0 Å². The van der Waals surface area contributed by atoms with E-state index in [-0.39, 0.29) is 0 Å². The number of aliphatic hydroxyl groups is 1. The van der Waals surface area contributed by atoms with Gasteiger partial charge in [0.2, 0.25) is 0 Å². The molecule has 0 aromatic carbocycles. The lowest BCUT2D eigenvalue weighted by Crippen LogP contribution is -2.41. The summed E-state index contributed by atoms with van der Waals surface area (Å²) < 4.78 is 0. The second kappa shape index (κ2) is 7.08. The van der Waals surface area contributed by atoms with Crippen molar-refractivity contribution in [3.8, 4) is 0 Å². The molecule has 1 aliphatic rings. The fraction of sp³-hybridized carbons (Fsp3) is 0.857. The molecule has 0 aromatic heterocycles. The quantitative estimate of drug-likeness (QED) is 0.673. The minimum atomic E-state index is 0.334. The molecule has 1 fully saturated rings. The molecule has 1 saturated heterocycles. The van der Waals surface area contributed by atoms with E-state index in [0.717, 1.165) is 19.3 Å². The number of nitrogens with zero attached hydrogens (tertiary/aromatic N) is 1. The van der Waals surface area contributed by atoms with Crippen molar-refractivity contribution in [2.24, 2.45) is 5.92 Å². The van der Waals surface area contributed by atoms with Gasteiger partial charge in [-0.1, -0.05) is 13.0 Å². The summed E-state index contributed by atoms with van der Waals surface area (Å²) in [6.45, 7) is 10.0. The van der Waals surface area contributed by atoms with E-state index >= 15 is 0 Å². The molecular weight excluding hydrogens is 198 g/mol. The van der Waals surface area contributed by atoms with Gasteiger partial charge in [-0.15, -0.1) is 6.58 Å². The smallest absolute Gasteiger partial charge is 0.0431 e. The third-order valence-electron chi connectivity index (χ3n) is 4.00. The molecule has 0 amide bonds. The van der Waals surface area contributed by atoms with Gasteiger partial charge in [-0.05, 0) is 51.5 Å². The Bertz CT molecular complexity index is 205. The number of hydrogen-bond donors (Lipinski definition) is 1. The summed E-state index contributed by atoms with van der Waals surface area (Å²) in [6.07, 6.45) is 7.86. The number of hydrogen-bond acceptors (Lipinski definition) is 2. The number of aliphatic hydroxyl groups excluding tert-OH is 1. The normalized spacial score (nSPS) is 25.6. The molecular formula is C14H27NO. The summed E-state index contributed by atoms with van der Waals surface area (Å²) in [5, 5.41) is 8.91. The molecule has 0 aliphatic carbocycles. The Labute approximate surface area is 100 Å². The highest BCUT2D eigenvalue weighted by Gasteiger charge is 2.29. The van der Waals surface area contributed by atoms with E-state index in [1.807, 2.05) is 6.08 Å². The van der Waals surface area contributed by atoms with Crippen molar-refractivity contribution in [2.45, 2.75) is 58.0 Å². The van der Waals surface area contributed by atoms with Crippen LogP contribution < -0.4 is 0 Å². The Morgan fingerprint density at radius 1 is 1.50 bits per heavy atom. The van der Waals surface area contributed by atoms with Crippen molar-refractivity contribution in [3.63, 3.8) is 0 Å². The van der Waals surface area contributed by atoms with Gasteiger partial charge in [0.15, 0.2) is 0 Å². The average Bonchev–Trinajstić information content (AvgIpc) is 2.73. The molecule has 3 unspecified atom stereocenters. The molecule has 2 heteroatoms. The molecule has 1 heterocycles. The predicted octanol–water partition coefficient (Wildman–Crippen LogP) is 2.82. The van der Waals surface area contributed by atoms with Crippen LogP contribution in [-0.4, -0.2) is 35.2 Å². The first kappa shape index (κ1) is 13.7. The summed E-state index contributed by atoms with van der Waals surface area (Å²) in [5.41, 5.74) is 0. The van der Waals surface area contributed by atoms with Gasteiger partial charge in [-0.3, -0.25) is 4.90 Å². The van der Waals surface area contributed by atoms with Gasteiger partial charge in [0, 0.05) is 18.7 Å². The van der Waals surface area contributed by atoms with Gasteiger partial charge < -0.3 is 5.11 Å². The Kier molecular flexibility index (Phi) is 6.07. The zero-order valence-electron chi connectivity index (χ0n) is 10.9. The summed E-state index contributed by atoms with van der Waals surface area (Å²) in [7, 11) is 0. The first-order chi connectivity index (χ1) is 7.70. The van der Waals surface area contributed by atoms with Gasteiger partial charge in [-0.2, -0.15) is 0 Å². The fourth-order valence-corrected chi connectivity index (χ4v) is 2.82. The SMILES string of the molecule is C=CCC(C)C(C)N1CCCC1CCCO. The second-order valence-electron chi connectivity index (χ2n) is 5.14. The summed E-state index contributed by atoms with van der Waals surface area (Å²) >= 11 is 0. The molecule has 3 atom stereocenters. The van der Waals surface area contributed by atoms with Gasteiger partial charge in [0.1, 0.15) is 0 Å². The molecule has 0 radical (unpaired) electrons. The first-order valence-electron chi connectivity index (χ1n) is 6.68. The molecule has 1 rings (SSSR count). The van der Waals surface area contributed by atoms with Crippen molar-refractivity contribution in [1.82, 2.24) is 4.90 Å². The Morgan fingerprint density at radius 3 is 2.88 bits per heavy atom. The van der Waals surface area contributed by atoms with E-state index in [4.69, 9.17) is 5.11 Å². The summed E-state index contributed by atoms with van der Waals surface area (Å²) in [4.78, 5) is 2.64. The van der Waals surface area contributed by atoms with Crippen molar-refractivity contribution < 1.29 is 5.11 Å². The molecule has 1 N–H and O–H groups in total. The van der Waals surface area contributed by atoms with Crippen LogP contribution in [0.25, 0.3) is 0 Å². The van der Waals surface area contributed by atoms with Gasteiger partial charge >= 0.3 is 0 Å². The third-order valence-corrected chi connectivity index (χ3v) is 4.00. The van der Waals surface area contributed by atoms with Crippen LogP contribution in [0.3, 0.4) is 0 Å². The fourth-order valence-electron chi connectivity index (χ4n) is 2.82. The maximum absolute atomic E-state index is 8.91. The molecule has 1 aliphatic heterocycles. The van der Waals surface area contributed by atoms with Gasteiger partial charge in [0.05, 0.1) is 0 Å². The van der Waals surface area contributed by atoms with E-state index in [9.17, 15) is 0 Å². The first-order valence-corrected chi connectivity index (χ1v) is 6.68. The van der Waals surface area contributed by atoms with E-state index in [0.29, 0.717) is 24.6 Å². The highest BCUT2D eigenvalue weighted by atomic mass is 16.2. The van der Waals surface area contributed by atoms with Crippen LogP contribution in [0.15, 0.2) is 12.7 Å². The number of likely N-dealkylation sites (tertiary alicyclic amines) is 1. The van der Waals surface area contributed by atoms with Crippen molar-refractivity contribution in [1.29, 1.82) is 0 Å². The zero-order chi connectivity index (χ0) is 12.0. The maximum atomic E-state index is 8.91. The zero-order valence-corrected chi connectivity index (χ0v) is 10.9. The van der Waals surface area contributed by atoms with Crippen molar-refractivity contribution in [3.05, 3.63) is 12.7 Å². The van der Waals surface area contributed by atoms with E-state index in [1.165, 1.54) is 19.4 Å². The molecule has 0 spiro atoms. The Hall–Kier alpha value is -0.340. The molecule has 2 nitrogen and oxygen atoms in total. The lowest BCUT2D eigenvalue weighted by molar-refractivity contribution is 0.134. The van der Waals surface area contributed by atoms with Crippen LogP contribution in [0, 0.1) is 5.92 Å². The topological polar surface area (TPSA) is 23.5 Å². The van der Waals surface area contributed by atoms with Crippen LogP contribution in [0.4, 0.5) is 0 Å². The van der Waals surface area contributed by atoms with Gasteiger partial charge in [0.25, 0.3) is 0 Å². The predicted molar refractivity (Wildman–Crippen MR) is 69.5 cm³/mol. The molecule has 0 saturated carbocycles. The molecule has 94 valence electrons. The lowest BCUT2D eigenvalue weighted by Gasteiger charge is -2.34. The van der Waals surface area contributed by atoms with Crippen LogP contribution in [-0.2, 0) is 0 Å². The van der Waals surface area contributed by atoms with Crippen LogP contribution >= 0.6 is 0 Å². The third kappa shape index (κ3) is 3.60. The van der Waals surface area contributed by atoms with Crippen LogP contribution in [0.2, 0.25) is 0 Å². The van der Waals surface area contributed by atoms with E-state index < -0.39 is 0 Å². The minimum absolute atomic E-state index is 0.334. The molecule has 16 heavy (non-hydrogen) atoms. The Morgan fingerprint density at radius 2 is 2.25 bits per heavy atom. The van der Waals surface area contributed by atoms with Crippen LogP contribution in [0.1, 0.15) is 46.0 Å². The van der Waals surface area contributed by atoms with E-state index in [1.54, 1.807) is 0 Å². The standard InChI is InChI=1S/C14H27NO/c1-4-7-12(2)13(3)15-10-5-8-14(15)9-6-11-16/h4,12-14,16H,1,5-11H2,2-3H3. The number of rotatable bonds is 7. The lowest BCUT2D eigenvalue weighted by atomic mass is 9.97. The highest BCUT2D eigenvalue weighted by Crippen LogP contribution is 2.27. The maximum Gasteiger partial charge on any atom is 0.0431 e. The van der Waals surface area contributed by atoms with Crippen molar-refractivity contribution >= 4 is 0 Å². The largest absolute Gasteiger partial charge is 0.396 e. The minimum Gasteiger partial charge on any atom is -0.396 e. The van der Waals surface area contributed by atoms with Gasteiger partial charge in [-0.25, -0.2) is 0 Å². The second-order valence-corrected chi connectivity index (χ2v) is 5.14.